The van der Waals surface area contributed by atoms with Crippen molar-refractivity contribution in [3.63, 3.8) is 0 Å². The minimum atomic E-state index is -3.45. The SMILES string of the molecule is COc1cccc2c1C=C(CC(C)O)S2(=O)=O. The standard InChI is InChI=1S/C12H14O4S/c1-8(13)6-9-7-10-11(16-2)4-3-5-12(10)17(9,14)15/h3-5,7-8,13H,6H2,1-2H3. The molecule has 0 fully saturated rings. The lowest BCUT2D eigenvalue weighted by atomic mass is 10.1. The average molecular weight is 254 g/mol. The van der Waals surface area contributed by atoms with E-state index in [1.165, 1.54) is 7.11 Å². The molecule has 1 aromatic rings. The number of aliphatic hydroxyl groups is 1. The van der Waals surface area contributed by atoms with E-state index in [1.54, 1.807) is 31.2 Å². The maximum atomic E-state index is 12.2. The van der Waals surface area contributed by atoms with Gasteiger partial charge in [-0.05, 0) is 25.1 Å². The smallest absolute Gasteiger partial charge is 0.203 e. The van der Waals surface area contributed by atoms with Crippen molar-refractivity contribution >= 4 is 15.9 Å². The number of sulfone groups is 1. The van der Waals surface area contributed by atoms with Gasteiger partial charge >= 0.3 is 0 Å². The second-order valence-corrected chi connectivity index (χ2v) is 6.01. The fraction of sp³-hybridized carbons (Fsp3) is 0.333. The quantitative estimate of drug-likeness (QED) is 0.889. The highest BCUT2D eigenvalue weighted by molar-refractivity contribution is 7.95. The Morgan fingerprint density at radius 1 is 1.41 bits per heavy atom. The molecule has 4 nitrogen and oxygen atoms in total. The van der Waals surface area contributed by atoms with Gasteiger partial charge in [-0.1, -0.05) is 6.07 Å². The molecule has 0 saturated heterocycles. The Hall–Kier alpha value is -1.33. The summed E-state index contributed by atoms with van der Waals surface area (Å²) >= 11 is 0. The molecule has 5 heteroatoms. The molecule has 1 aliphatic rings. The predicted molar refractivity (Wildman–Crippen MR) is 64.5 cm³/mol. The highest BCUT2D eigenvalue weighted by Crippen LogP contribution is 2.39. The number of benzene rings is 1. The van der Waals surface area contributed by atoms with Crippen LogP contribution in [0.2, 0.25) is 0 Å². The third-order valence-electron chi connectivity index (χ3n) is 2.68. The second-order valence-electron chi connectivity index (χ2n) is 4.04. The summed E-state index contributed by atoms with van der Waals surface area (Å²) in [7, 11) is -1.95. The fourth-order valence-corrected chi connectivity index (χ4v) is 3.64. The summed E-state index contributed by atoms with van der Waals surface area (Å²) in [5.41, 5.74) is 0.575. The first-order valence-corrected chi connectivity index (χ1v) is 6.76. The van der Waals surface area contributed by atoms with E-state index in [2.05, 4.69) is 0 Å². The van der Waals surface area contributed by atoms with Gasteiger partial charge in [-0.2, -0.15) is 0 Å². The van der Waals surface area contributed by atoms with Crippen LogP contribution in [0.5, 0.6) is 5.75 Å². The molecule has 17 heavy (non-hydrogen) atoms. The first-order valence-electron chi connectivity index (χ1n) is 5.27. The lowest BCUT2D eigenvalue weighted by Crippen LogP contribution is -2.07. The van der Waals surface area contributed by atoms with E-state index in [0.29, 0.717) is 11.3 Å². The van der Waals surface area contributed by atoms with Gasteiger partial charge < -0.3 is 9.84 Å². The van der Waals surface area contributed by atoms with Gasteiger partial charge in [-0.15, -0.1) is 0 Å². The molecular weight excluding hydrogens is 240 g/mol. The van der Waals surface area contributed by atoms with E-state index < -0.39 is 15.9 Å². The van der Waals surface area contributed by atoms with Gasteiger partial charge in [0.15, 0.2) is 0 Å². The monoisotopic (exact) mass is 254 g/mol. The number of ether oxygens (including phenoxy) is 1. The van der Waals surface area contributed by atoms with Crippen molar-refractivity contribution in [2.24, 2.45) is 0 Å². The minimum absolute atomic E-state index is 0.125. The molecule has 1 aromatic carbocycles. The Kier molecular flexibility index (Phi) is 2.97. The van der Waals surface area contributed by atoms with Crippen molar-refractivity contribution in [2.75, 3.05) is 7.11 Å². The normalized spacial score (nSPS) is 18.4. The van der Waals surface area contributed by atoms with Gasteiger partial charge in [0, 0.05) is 12.0 Å². The van der Waals surface area contributed by atoms with Gasteiger partial charge in [-0.3, -0.25) is 0 Å². The van der Waals surface area contributed by atoms with Gasteiger partial charge in [0.25, 0.3) is 0 Å². The number of methoxy groups -OCH3 is 1. The van der Waals surface area contributed by atoms with Gasteiger partial charge in [-0.25, -0.2) is 8.42 Å². The van der Waals surface area contributed by atoms with Gasteiger partial charge in [0.1, 0.15) is 5.75 Å². The molecule has 0 spiro atoms. The molecule has 92 valence electrons. The number of hydrogen-bond donors (Lipinski definition) is 1. The van der Waals surface area contributed by atoms with Gasteiger partial charge in [0.2, 0.25) is 9.84 Å². The van der Waals surface area contributed by atoms with E-state index in [9.17, 15) is 13.5 Å². The number of fused-ring (bicyclic) bond motifs is 1. The second kappa shape index (κ2) is 4.16. The average Bonchev–Trinajstić information content (AvgIpc) is 2.50. The lowest BCUT2D eigenvalue weighted by Gasteiger charge is -2.06. The van der Waals surface area contributed by atoms with Crippen LogP contribution in [0.3, 0.4) is 0 Å². The highest BCUT2D eigenvalue weighted by Gasteiger charge is 2.31. The molecule has 0 bridgehead atoms. The van der Waals surface area contributed by atoms with Crippen LogP contribution >= 0.6 is 0 Å². The maximum Gasteiger partial charge on any atom is 0.203 e. The van der Waals surface area contributed by atoms with Crippen molar-refractivity contribution in [3.8, 4) is 5.75 Å². The van der Waals surface area contributed by atoms with Crippen LogP contribution in [0.15, 0.2) is 28.0 Å². The zero-order valence-electron chi connectivity index (χ0n) is 9.67. The van der Waals surface area contributed by atoms with Crippen LogP contribution in [-0.2, 0) is 9.84 Å². The summed E-state index contributed by atoms with van der Waals surface area (Å²) in [4.78, 5) is 0.500. The fourth-order valence-electron chi connectivity index (χ4n) is 1.92. The van der Waals surface area contributed by atoms with Crippen LogP contribution < -0.4 is 4.74 Å². The van der Waals surface area contributed by atoms with E-state index in [4.69, 9.17) is 4.74 Å². The third kappa shape index (κ3) is 1.96. The Morgan fingerprint density at radius 3 is 2.71 bits per heavy atom. The maximum absolute atomic E-state index is 12.2. The van der Waals surface area contributed by atoms with Crippen molar-refractivity contribution in [3.05, 3.63) is 28.7 Å². The van der Waals surface area contributed by atoms with Crippen LogP contribution in [-0.4, -0.2) is 26.7 Å². The van der Waals surface area contributed by atoms with E-state index in [-0.39, 0.29) is 16.2 Å². The Bertz CT molecular complexity index is 570. The van der Waals surface area contributed by atoms with Crippen molar-refractivity contribution in [1.29, 1.82) is 0 Å². The van der Waals surface area contributed by atoms with E-state index in [1.807, 2.05) is 0 Å². The molecular formula is C12H14O4S. The number of hydrogen-bond acceptors (Lipinski definition) is 4. The van der Waals surface area contributed by atoms with E-state index >= 15 is 0 Å². The predicted octanol–water partition coefficient (Wildman–Crippen LogP) is 1.59. The molecule has 2 rings (SSSR count). The zero-order valence-corrected chi connectivity index (χ0v) is 10.5. The van der Waals surface area contributed by atoms with Crippen LogP contribution in [0.1, 0.15) is 18.9 Å². The number of aliphatic hydroxyl groups excluding tert-OH is 1. The van der Waals surface area contributed by atoms with Crippen molar-refractivity contribution in [1.82, 2.24) is 0 Å². The summed E-state index contributed by atoms with van der Waals surface area (Å²) in [6, 6.07) is 4.92. The molecule has 1 heterocycles. The van der Waals surface area contributed by atoms with Gasteiger partial charge in [0.05, 0.1) is 23.0 Å². The largest absolute Gasteiger partial charge is 0.496 e. The Morgan fingerprint density at radius 2 is 2.12 bits per heavy atom. The van der Waals surface area contributed by atoms with E-state index in [0.717, 1.165) is 0 Å². The molecule has 1 atom stereocenters. The molecule has 0 aliphatic carbocycles. The topological polar surface area (TPSA) is 63.6 Å². The van der Waals surface area contributed by atoms with Crippen LogP contribution in [0.4, 0.5) is 0 Å². The first kappa shape index (κ1) is 12.1. The van der Waals surface area contributed by atoms with Crippen molar-refractivity contribution in [2.45, 2.75) is 24.3 Å². The summed E-state index contributed by atoms with van der Waals surface area (Å²) in [6.45, 7) is 1.57. The summed E-state index contributed by atoms with van der Waals surface area (Å²) in [5, 5.41) is 9.31. The Balaban J connectivity index is 2.57. The molecule has 0 radical (unpaired) electrons. The molecule has 0 saturated carbocycles. The lowest BCUT2D eigenvalue weighted by molar-refractivity contribution is 0.197. The molecule has 1 unspecified atom stereocenters. The molecule has 0 aromatic heterocycles. The first-order chi connectivity index (χ1) is 7.96. The minimum Gasteiger partial charge on any atom is -0.496 e. The summed E-state index contributed by atoms with van der Waals surface area (Å²) in [6.07, 6.45) is 1.02. The summed E-state index contributed by atoms with van der Waals surface area (Å²) < 4.78 is 29.4. The highest BCUT2D eigenvalue weighted by atomic mass is 32.2. The zero-order chi connectivity index (χ0) is 12.6. The molecule has 0 amide bonds. The third-order valence-corrected chi connectivity index (χ3v) is 4.59. The number of rotatable bonds is 3. The Labute approximate surface area is 100 Å². The molecule has 1 N–H and O–H groups in total. The van der Waals surface area contributed by atoms with Crippen LogP contribution in [0.25, 0.3) is 6.08 Å². The van der Waals surface area contributed by atoms with Crippen LogP contribution in [0, 0.1) is 0 Å². The summed E-state index contributed by atoms with van der Waals surface area (Å²) in [5.74, 6) is 0.534. The van der Waals surface area contributed by atoms with Crippen molar-refractivity contribution < 1.29 is 18.3 Å². The molecule has 1 aliphatic heterocycles.